The zero-order chi connectivity index (χ0) is 22.4. The fourth-order valence-corrected chi connectivity index (χ4v) is 4.02. The second kappa shape index (κ2) is 7.55. The summed E-state index contributed by atoms with van der Waals surface area (Å²) in [5.41, 5.74) is 0.446. The molecule has 1 amide bonds. The summed E-state index contributed by atoms with van der Waals surface area (Å²) in [6.07, 6.45) is 1.54. The molecule has 0 aliphatic heterocycles. The van der Waals surface area contributed by atoms with Gasteiger partial charge >= 0.3 is 5.69 Å². The van der Waals surface area contributed by atoms with Crippen LogP contribution < -0.4 is 16.6 Å². The molecule has 32 heavy (non-hydrogen) atoms. The number of aromatic nitrogens is 3. The Kier molecular flexibility index (Phi) is 4.68. The van der Waals surface area contributed by atoms with E-state index in [1.165, 1.54) is 10.8 Å². The number of carbonyl (C=O) groups excluding carboxylic acids is 1. The number of carbonyl (C=O) groups is 1. The predicted octanol–water partition coefficient (Wildman–Crippen LogP) is 4.08. The van der Waals surface area contributed by atoms with E-state index in [2.05, 4.69) is 10.3 Å². The lowest BCUT2D eigenvalue weighted by Gasteiger charge is -2.08. The Hall–Kier alpha value is -4.10. The number of aromatic amines is 1. The van der Waals surface area contributed by atoms with Crippen molar-refractivity contribution in [3.05, 3.63) is 104 Å². The van der Waals surface area contributed by atoms with Crippen LogP contribution in [0.25, 0.3) is 27.5 Å². The van der Waals surface area contributed by atoms with Crippen LogP contribution in [0.3, 0.4) is 0 Å². The van der Waals surface area contributed by atoms with E-state index in [-0.39, 0.29) is 16.6 Å². The summed E-state index contributed by atoms with van der Waals surface area (Å²) in [7, 11) is 1.66. The molecule has 2 heterocycles. The van der Waals surface area contributed by atoms with Crippen LogP contribution in [0.5, 0.6) is 0 Å². The minimum atomic E-state index is -0.643. The predicted molar refractivity (Wildman–Crippen MR) is 126 cm³/mol. The third kappa shape index (κ3) is 3.19. The molecule has 0 spiro atoms. The second-order valence-corrected chi connectivity index (χ2v) is 7.84. The quantitative estimate of drug-likeness (QED) is 0.439. The van der Waals surface area contributed by atoms with Gasteiger partial charge in [0.15, 0.2) is 0 Å². The van der Waals surface area contributed by atoms with Gasteiger partial charge in [-0.2, -0.15) is 0 Å². The molecule has 7 nitrogen and oxygen atoms in total. The van der Waals surface area contributed by atoms with Gasteiger partial charge in [-0.3, -0.25) is 9.59 Å². The van der Waals surface area contributed by atoms with E-state index >= 15 is 0 Å². The first-order valence-corrected chi connectivity index (χ1v) is 10.2. The first-order chi connectivity index (χ1) is 15.4. The highest BCUT2D eigenvalue weighted by atomic mass is 35.5. The molecule has 0 atom stereocenters. The van der Waals surface area contributed by atoms with Crippen molar-refractivity contribution in [2.45, 2.75) is 0 Å². The Bertz CT molecular complexity index is 1620. The molecule has 0 bridgehead atoms. The van der Waals surface area contributed by atoms with Gasteiger partial charge in [0.1, 0.15) is 5.52 Å². The number of benzene rings is 3. The molecule has 5 aromatic rings. The number of nitrogens with zero attached hydrogens (tertiary/aromatic N) is 2. The summed E-state index contributed by atoms with van der Waals surface area (Å²) >= 11 is 5.92. The molecule has 3 aromatic carbocycles. The normalized spacial score (nSPS) is 11.2. The van der Waals surface area contributed by atoms with Crippen molar-refractivity contribution < 1.29 is 4.79 Å². The number of fused-ring (bicyclic) bond motifs is 2. The Labute approximate surface area is 186 Å². The van der Waals surface area contributed by atoms with Crippen LogP contribution in [0.2, 0.25) is 5.02 Å². The number of hydrogen-bond donors (Lipinski definition) is 2. The van der Waals surface area contributed by atoms with Gasteiger partial charge in [-0.15, -0.1) is 0 Å². The molecule has 2 aromatic heterocycles. The summed E-state index contributed by atoms with van der Waals surface area (Å²) in [6.45, 7) is 0. The average molecular weight is 445 g/mol. The van der Waals surface area contributed by atoms with Crippen molar-refractivity contribution in [3.8, 4) is 5.69 Å². The van der Waals surface area contributed by atoms with Gasteiger partial charge in [0.05, 0.1) is 16.8 Å². The van der Waals surface area contributed by atoms with Crippen molar-refractivity contribution in [1.82, 2.24) is 14.1 Å². The van der Waals surface area contributed by atoms with Gasteiger partial charge in [0, 0.05) is 29.3 Å². The summed E-state index contributed by atoms with van der Waals surface area (Å²) in [6, 6.07) is 19.7. The maximum atomic E-state index is 13.2. The van der Waals surface area contributed by atoms with Gasteiger partial charge in [-0.05, 0) is 35.7 Å². The second-order valence-electron chi connectivity index (χ2n) is 7.41. The number of nitrogens with one attached hydrogen (secondary N) is 2. The molecule has 0 aliphatic rings. The molecule has 0 unspecified atom stereocenters. The van der Waals surface area contributed by atoms with E-state index in [9.17, 15) is 14.4 Å². The van der Waals surface area contributed by atoms with Crippen LogP contribution in [-0.4, -0.2) is 20.0 Å². The summed E-state index contributed by atoms with van der Waals surface area (Å²) in [5.74, 6) is -0.425. The van der Waals surface area contributed by atoms with Gasteiger partial charge in [0.2, 0.25) is 0 Å². The SMILES string of the molecule is Cn1cc(C(=O)Nc2cccc3ccccc23)c2[nH]c(=O)n(-c3ccc(Cl)cc3)c(=O)c21. The lowest BCUT2D eigenvalue weighted by Crippen LogP contribution is -2.34. The van der Waals surface area contributed by atoms with E-state index < -0.39 is 17.2 Å². The molecule has 0 aliphatic carbocycles. The minimum Gasteiger partial charge on any atom is -0.344 e. The van der Waals surface area contributed by atoms with E-state index in [1.54, 1.807) is 31.3 Å². The smallest absolute Gasteiger partial charge is 0.333 e. The molecule has 5 rings (SSSR count). The number of aryl methyl sites for hydroxylation is 1. The van der Waals surface area contributed by atoms with Gasteiger partial charge < -0.3 is 14.9 Å². The first-order valence-electron chi connectivity index (χ1n) is 9.83. The monoisotopic (exact) mass is 444 g/mol. The standard InChI is InChI=1S/C24H17ClN4O3/c1-28-13-18(22(30)26-19-8-4-6-14-5-2-3-7-17(14)19)20-21(28)23(31)29(24(32)27-20)16-11-9-15(25)10-12-16/h2-13H,1H3,(H,26,30)(H,27,32). The van der Waals surface area contributed by atoms with Crippen molar-refractivity contribution in [1.29, 1.82) is 0 Å². The van der Waals surface area contributed by atoms with Crippen molar-refractivity contribution in [2.75, 3.05) is 5.32 Å². The van der Waals surface area contributed by atoms with Gasteiger partial charge in [-0.25, -0.2) is 9.36 Å². The zero-order valence-corrected chi connectivity index (χ0v) is 17.7. The van der Waals surface area contributed by atoms with E-state index in [1.807, 2.05) is 42.5 Å². The summed E-state index contributed by atoms with van der Waals surface area (Å²) in [4.78, 5) is 41.8. The van der Waals surface area contributed by atoms with Crippen LogP contribution in [0.4, 0.5) is 5.69 Å². The third-order valence-corrected chi connectivity index (χ3v) is 5.64. The Morgan fingerprint density at radius 2 is 1.69 bits per heavy atom. The fraction of sp³-hybridized carbons (Fsp3) is 0.0417. The molecule has 0 saturated carbocycles. The minimum absolute atomic E-state index is 0.186. The van der Waals surface area contributed by atoms with Crippen molar-refractivity contribution in [2.24, 2.45) is 7.05 Å². The Balaban J connectivity index is 1.63. The molecular weight excluding hydrogens is 428 g/mol. The van der Waals surface area contributed by atoms with Crippen molar-refractivity contribution in [3.63, 3.8) is 0 Å². The summed E-state index contributed by atoms with van der Waals surface area (Å²) < 4.78 is 2.56. The van der Waals surface area contributed by atoms with Crippen LogP contribution in [-0.2, 0) is 7.05 Å². The highest BCUT2D eigenvalue weighted by Gasteiger charge is 2.20. The lowest BCUT2D eigenvalue weighted by atomic mass is 10.1. The zero-order valence-electron chi connectivity index (χ0n) is 16.9. The number of hydrogen-bond acceptors (Lipinski definition) is 3. The molecule has 158 valence electrons. The molecule has 0 radical (unpaired) electrons. The molecule has 0 fully saturated rings. The molecule has 2 N–H and O–H groups in total. The molecule has 0 saturated heterocycles. The van der Waals surface area contributed by atoms with Crippen LogP contribution in [0.1, 0.15) is 10.4 Å². The van der Waals surface area contributed by atoms with Gasteiger partial charge in [-0.1, -0.05) is 48.0 Å². The van der Waals surface area contributed by atoms with Gasteiger partial charge in [0.25, 0.3) is 11.5 Å². The Morgan fingerprint density at radius 1 is 0.969 bits per heavy atom. The lowest BCUT2D eigenvalue weighted by molar-refractivity contribution is 0.102. The third-order valence-electron chi connectivity index (χ3n) is 5.39. The highest BCUT2D eigenvalue weighted by Crippen LogP contribution is 2.24. The highest BCUT2D eigenvalue weighted by molar-refractivity contribution is 6.30. The topological polar surface area (TPSA) is 88.9 Å². The fourth-order valence-electron chi connectivity index (χ4n) is 3.89. The first kappa shape index (κ1) is 19.8. The maximum Gasteiger partial charge on any atom is 0.333 e. The number of amides is 1. The van der Waals surface area contributed by atoms with Crippen LogP contribution in [0.15, 0.2) is 82.5 Å². The number of anilines is 1. The van der Waals surface area contributed by atoms with E-state index in [0.29, 0.717) is 16.4 Å². The average Bonchev–Trinajstić information content (AvgIpc) is 3.11. The number of rotatable bonds is 3. The van der Waals surface area contributed by atoms with Crippen LogP contribution >= 0.6 is 11.6 Å². The maximum absolute atomic E-state index is 13.2. The molecular formula is C24H17ClN4O3. The van der Waals surface area contributed by atoms with E-state index in [0.717, 1.165) is 15.3 Å². The van der Waals surface area contributed by atoms with Crippen molar-refractivity contribution >= 4 is 45.0 Å². The Morgan fingerprint density at radius 3 is 2.47 bits per heavy atom. The molecule has 8 heteroatoms. The summed E-state index contributed by atoms with van der Waals surface area (Å²) in [5, 5.41) is 5.27. The number of halogens is 1. The largest absolute Gasteiger partial charge is 0.344 e. The number of H-pyrrole nitrogens is 1. The van der Waals surface area contributed by atoms with E-state index in [4.69, 9.17) is 11.6 Å². The van der Waals surface area contributed by atoms with Crippen LogP contribution in [0, 0.1) is 0 Å².